The number of aliphatic hydroxyl groups is 1. The summed E-state index contributed by atoms with van der Waals surface area (Å²) >= 11 is 0. The average molecular weight is 470 g/mol. The predicted molar refractivity (Wildman–Crippen MR) is 127 cm³/mol. The molecule has 1 aliphatic heterocycles. The van der Waals surface area contributed by atoms with Crippen molar-refractivity contribution in [3.05, 3.63) is 59.2 Å². The van der Waals surface area contributed by atoms with Gasteiger partial charge in [-0.15, -0.1) is 0 Å². The van der Waals surface area contributed by atoms with Crippen LogP contribution in [0.3, 0.4) is 0 Å². The number of benzene rings is 2. The van der Waals surface area contributed by atoms with Gasteiger partial charge in [0.05, 0.1) is 31.4 Å². The van der Waals surface area contributed by atoms with Gasteiger partial charge in [0, 0.05) is 19.2 Å². The first-order valence-corrected chi connectivity index (χ1v) is 11.2. The molecule has 1 saturated heterocycles. The minimum atomic E-state index is -0.869. The van der Waals surface area contributed by atoms with E-state index in [0.29, 0.717) is 36.0 Å². The van der Waals surface area contributed by atoms with Crippen molar-refractivity contribution in [2.45, 2.75) is 26.8 Å². The summed E-state index contributed by atoms with van der Waals surface area (Å²) in [4.78, 5) is 27.3. The molecular weight excluding hydrogens is 438 g/mol. The molecular formula is C26H31NO7. The molecule has 0 radical (unpaired) electrons. The van der Waals surface area contributed by atoms with Gasteiger partial charge in [0.1, 0.15) is 11.5 Å². The maximum atomic E-state index is 13.0. The smallest absolute Gasteiger partial charge is 0.295 e. The number of rotatable bonds is 10. The second-order valence-corrected chi connectivity index (χ2v) is 8.37. The van der Waals surface area contributed by atoms with E-state index in [4.69, 9.17) is 14.2 Å². The summed E-state index contributed by atoms with van der Waals surface area (Å²) in [5, 5.41) is 21.3. The number of ketones is 1. The lowest BCUT2D eigenvalue weighted by atomic mass is 9.95. The molecule has 0 saturated carbocycles. The first-order chi connectivity index (χ1) is 16.3. The molecule has 0 aromatic heterocycles. The van der Waals surface area contributed by atoms with Gasteiger partial charge in [0.2, 0.25) is 0 Å². The molecule has 2 N–H and O–H groups in total. The maximum absolute atomic E-state index is 13.0. The van der Waals surface area contributed by atoms with Crippen LogP contribution in [0, 0.1) is 5.92 Å². The number of hydrogen-bond acceptors (Lipinski definition) is 7. The van der Waals surface area contributed by atoms with Crippen LogP contribution >= 0.6 is 0 Å². The van der Waals surface area contributed by atoms with Crippen LogP contribution in [0.1, 0.15) is 37.9 Å². The van der Waals surface area contributed by atoms with Crippen LogP contribution < -0.4 is 9.47 Å². The van der Waals surface area contributed by atoms with Crippen molar-refractivity contribution in [2.75, 3.05) is 33.5 Å². The van der Waals surface area contributed by atoms with Gasteiger partial charge >= 0.3 is 0 Å². The Kier molecular flexibility index (Phi) is 8.17. The zero-order valence-electron chi connectivity index (χ0n) is 19.9. The lowest BCUT2D eigenvalue weighted by Crippen LogP contribution is -2.32. The van der Waals surface area contributed by atoms with Crippen LogP contribution in [-0.2, 0) is 14.3 Å². The summed E-state index contributed by atoms with van der Waals surface area (Å²) in [5.74, 6) is -0.633. The van der Waals surface area contributed by atoms with Crippen LogP contribution in [0.5, 0.6) is 17.2 Å². The molecule has 8 nitrogen and oxygen atoms in total. The maximum Gasteiger partial charge on any atom is 0.295 e. The molecule has 182 valence electrons. The summed E-state index contributed by atoms with van der Waals surface area (Å²) in [6.45, 7) is 7.11. The second kappa shape index (κ2) is 11.1. The zero-order chi connectivity index (χ0) is 24.8. The van der Waals surface area contributed by atoms with Crippen LogP contribution in [0.4, 0.5) is 0 Å². The van der Waals surface area contributed by atoms with Crippen molar-refractivity contribution >= 4 is 17.4 Å². The van der Waals surface area contributed by atoms with Gasteiger partial charge < -0.3 is 29.3 Å². The number of carbonyl (C=O) groups excluding carboxylic acids is 2. The monoisotopic (exact) mass is 469 g/mol. The van der Waals surface area contributed by atoms with Crippen molar-refractivity contribution in [3.63, 3.8) is 0 Å². The number of likely N-dealkylation sites (tertiary alicyclic amines) is 1. The largest absolute Gasteiger partial charge is 0.507 e. The van der Waals surface area contributed by atoms with Crippen molar-refractivity contribution in [2.24, 2.45) is 5.92 Å². The molecule has 8 heteroatoms. The summed E-state index contributed by atoms with van der Waals surface area (Å²) in [5.41, 5.74) is 0.871. The van der Waals surface area contributed by atoms with E-state index in [1.807, 2.05) is 13.8 Å². The molecule has 2 aromatic rings. The van der Waals surface area contributed by atoms with Crippen molar-refractivity contribution in [3.8, 4) is 17.2 Å². The van der Waals surface area contributed by atoms with Gasteiger partial charge in [0.15, 0.2) is 11.5 Å². The van der Waals surface area contributed by atoms with E-state index in [2.05, 4.69) is 0 Å². The highest BCUT2D eigenvalue weighted by Gasteiger charge is 2.46. The van der Waals surface area contributed by atoms with E-state index in [9.17, 15) is 19.8 Å². The van der Waals surface area contributed by atoms with E-state index in [0.717, 1.165) is 0 Å². The number of nitrogens with zero attached hydrogens (tertiary/aromatic N) is 1. The first-order valence-electron chi connectivity index (χ1n) is 11.2. The molecule has 34 heavy (non-hydrogen) atoms. The Morgan fingerprint density at radius 2 is 1.79 bits per heavy atom. The highest BCUT2D eigenvalue weighted by molar-refractivity contribution is 6.46. The standard InChI is InChI=1S/C26H31NO7/c1-5-33-21-14-18(8-11-20(21)28)23-22(25(30)26(31)27(23)12-13-32-4)24(29)17-6-9-19(10-7-17)34-15-16(2)3/h6-11,14,16,23,28-29H,5,12-13,15H2,1-4H3/t23-/m0/s1. The number of ether oxygens (including phenoxy) is 3. The minimum Gasteiger partial charge on any atom is -0.507 e. The molecule has 0 bridgehead atoms. The van der Waals surface area contributed by atoms with E-state index >= 15 is 0 Å². The van der Waals surface area contributed by atoms with Gasteiger partial charge in [-0.1, -0.05) is 19.9 Å². The number of hydrogen-bond donors (Lipinski definition) is 2. The van der Waals surface area contributed by atoms with Crippen molar-refractivity contribution in [1.82, 2.24) is 4.90 Å². The number of carbonyl (C=O) groups is 2. The number of amides is 1. The molecule has 1 aliphatic rings. The van der Waals surface area contributed by atoms with E-state index in [-0.39, 0.29) is 36.0 Å². The number of Topliss-reactive ketones (excluding diaryl/α,β-unsaturated/α-hetero) is 1. The third kappa shape index (κ3) is 5.34. The first kappa shape index (κ1) is 25.1. The minimum absolute atomic E-state index is 0.0370. The molecule has 0 aliphatic carbocycles. The number of phenolic OH excluding ortho intramolecular Hbond substituents is 1. The van der Waals surface area contributed by atoms with Gasteiger partial charge in [-0.2, -0.15) is 0 Å². The van der Waals surface area contributed by atoms with Crippen LogP contribution in [0.2, 0.25) is 0 Å². The summed E-state index contributed by atoms with van der Waals surface area (Å²) in [7, 11) is 1.50. The Morgan fingerprint density at radius 1 is 1.09 bits per heavy atom. The molecule has 2 aromatic carbocycles. The number of aliphatic hydroxyl groups excluding tert-OH is 1. The zero-order valence-corrected chi connectivity index (χ0v) is 19.9. The van der Waals surface area contributed by atoms with Gasteiger partial charge in [-0.3, -0.25) is 9.59 Å². The molecule has 0 spiro atoms. The Bertz CT molecular complexity index is 1060. The van der Waals surface area contributed by atoms with E-state index in [1.54, 1.807) is 43.3 Å². The Hall–Kier alpha value is -3.52. The normalized spacial score (nSPS) is 17.4. The molecule has 1 atom stereocenters. The fourth-order valence-electron chi connectivity index (χ4n) is 3.75. The highest BCUT2D eigenvalue weighted by atomic mass is 16.5. The topological polar surface area (TPSA) is 106 Å². The molecule has 1 fully saturated rings. The fourth-order valence-corrected chi connectivity index (χ4v) is 3.75. The Labute approximate surface area is 199 Å². The van der Waals surface area contributed by atoms with Gasteiger partial charge in [-0.25, -0.2) is 0 Å². The van der Waals surface area contributed by atoms with Crippen molar-refractivity contribution < 1.29 is 34.0 Å². The van der Waals surface area contributed by atoms with Gasteiger partial charge in [0.25, 0.3) is 11.7 Å². The fraction of sp³-hybridized carbons (Fsp3) is 0.385. The molecule has 1 heterocycles. The second-order valence-electron chi connectivity index (χ2n) is 8.37. The van der Waals surface area contributed by atoms with Gasteiger partial charge in [-0.05, 0) is 54.8 Å². The van der Waals surface area contributed by atoms with Crippen LogP contribution in [-0.4, -0.2) is 60.3 Å². The molecule has 1 amide bonds. The van der Waals surface area contributed by atoms with Crippen LogP contribution in [0.15, 0.2) is 48.0 Å². The lowest BCUT2D eigenvalue weighted by molar-refractivity contribution is -0.140. The highest BCUT2D eigenvalue weighted by Crippen LogP contribution is 2.41. The average Bonchev–Trinajstić information content (AvgIpc) is 3.07. The summed E-state index contributed by atoms with van der Waals surface area (Å²) < 4.78 is 16.3. The molecule has 3 rings (SSSR count). The number of phenols is 1. The third-order valence-electron chi connectivity index (χ3n) is 5.39. The van der Waals surface area contributed by atoms with E-state index in [1.165, 1.54) is 18.1 Å². The van der Waals surface area contributed by atoms with Crippen molar-refractivity contribution in [1.29, 1.82) is 0 Å². The SMILES string of the molecule is CCOc1cc([C@H]2C(=C(O)c3ccc(OCC(C)C)cc3)C(=O)C(=O)N2CCOC)ccc1O. The molecule has 0 unspecified atom stereocenters. The van der Waals surface area contributed by atoms with E-state index < -0.39 is 17.7 Å². The number of methoxy groups -OCH3 is 1. The number of aromatic hydroxyl groups is 1. The summed E-state index contributed by atoms with van der Waals surface area (Å²) in [6, 6.07) is 10.5. The third-order valence-corrected chi connectivity index (χ3v) is 5.39. The quantitative estimate of drug-likeness (QED) is 0.309. The summed E-state index contributed by atoms with van der Waals surface area (Å²) in [6.07, 6.45) is 0. The Balaban J connectivity index is 2.07. The Morgan fingerprint density at radius 3 is 2.41 bits per heavy atom. The predicted octanol–water partition coefficient (Wildman–Crippen LogP) is 3.89. The van der Waals surface area contributed by atoms with Crippen LogP contribution in [0.25, 0.3) is 5.76 Å². The lowest BCUT2D eigenvalue weighted by Gasteiger charge is -2.25.